The van der Waals surface area contributed by atoms with Crippen LogP contribution in [0.25, 0.3) is 0 Å². The van der Waals surface area contributed by atoms with E-state index in [1.54, 1.807) is 6.07 Å². The summed E-state index contributed by atoms with van der Waals surface area (Å²) in [6.07, 6.45) is 2.45. The summed E-state index contributed by atoms with van der Waals surface area (Å²) in [5, 5.41) is 5.28. The Labute approximate surface area is 131 Å². The van der Waals surface area contributed by atoms with Gasteiger partial charge in [-0.2, -0.15) is 0 Å². The molecule has 1 aliphatic carbocycles. The molecule has 1 heterocycles. The molecule has 1 aliphatic rings. The standard InChI is InChI=1S/C14H24N2O3S2/c1-4-19-14(2,3)10-16-21(17,18)13-7-11(9-20-13)8-15-12-5-6-12/h7,9,12,15-16H,4-6,8,10H2,1-3H3. The topological polar surface area (TPSA) is 67.4 Å². The fourth-order valence-electron chi connectivity index (χ4n) is 1.92. The average Bonchev–Trinajstić information content (AvgIpc) is 3.10. The van der Waals surface area contributed by atoms with Crippen molar-refractivity contribution in [3.63, 3.8) is 0 Å². The van der Waals surface area contributed by atoms with Gasteiger partial charge in [-0.1, -0.05) is 0 Å². The summed E-state index contributed by atoms with van der Waals surface area (Å²) in [6, 6.07) is 2.37. The summed E-state index contributed by atoms with van der Waals surface area (Å²) in [7, 11) is -3.45. The Morgan fingerprint density at radius 1 is 1.43 bits per heavy atom. The quantitative estimate of drug-likeness (QED) is 0.727. The van der Waals surface area contributed by atoms with Crippen molar-refractivity contribution in [2.24, 2.45) is 0 Å². The third kappa shape index (κ3) is 5.34. The Morgan fingerprint density at radius 3 is 2.76 bits per heavy atom. The van der Waals surface area contributed by atoms with Crippen LogP contribution in [0.1, 0.15) is 39.2 Å². The van der Waals surface area contributed by atoms with Crippen LogP contribution in [0.5, 0.6) is 0 Å². The molecule has 2 N–H and O–H groups in total. The van der Waals surface area contributed by atoms with Crippen molar-refractivity contribution in [1.82, 2.24) is 10.0 Å². The summed E-state index contributed by atoms with van der Waals surface area (Å²) >= 11 is 1.26. The molecule has 7 heteroatoms. The van der Waals surface area contributed by atoms with Gasteiger partial charge in [-0.3, -0.25) is 0 Å². The molecule has 5 nitrogen and oxygen atoms in total. The van der Waals surface area contributed by atoms with E-state index in [1.807, 2.05) is 26.2 Å². The van der Waals surface area contributed by atoms with E-state index in [4.69, 9.17) is 4.74 Å². The first-order valence-electron chi connectivity index (χ1n) is 7.27. The molecule has 1 fully saturated rings. The second kappa shape index (κ2) is 6.75. The van der Waals surface area contributed by atoms with E-state index in [9.17, 15) is 8.42 Å². The lowest BCUT2D eigenvalue weighted by molar-refractivity contribution is -0.00514. The molecule has 0 bridgehead atoms. The fourth-order valence-corrected chi connectivity index (χ4v) is 4.37. The highest BCUT2D eigenvalue weighted by atomic mass is 32.2. The fraction of sp³-hybridized carbons (Fsp3) is 0.714. The van der Waals surface area contributed by atoms with Crippen molar-refractivity contribution < 1.29 is 13.2 Å². The van der Waals surface area contributed by atoms with Gasteiger partial charge in [0.25, 0.3) is 0 Å². The number of ether oxygens (including phenoxy) is 1. The highest BCUT2D eigenvalue weighted by Gasteiger charge is 2.24. The van der Waals surface area contributed by atoms with Crippen molar-refractivity contribution in [3.05, 3.63) is 17.0 Å². The third-order valence-corrected chi connectivity index (χ3v) is 6.18. The predicted molar refractivity (Wildman–Crippen MR) is 85.1 cm³/mol. The molecule has 0 amide bonds. The Bertz CT molecular complexity index is 563. The van der Waals surface area contributed by atoms with Crippen molar-refractivity contribution in [3.8, 4) is 0 Å². The maximum atomic E-state index is 12.3. The lowest BCUT2D eigenvalue weighted by Gasteiger charge is -2.24. The second-order valence-corrected chi connectivity index (χ2v) is 8.85. The van der Waals surface area contributed by atoms with Gasteiger partial charge in [0.15, 0.2) is 0 Å². The van der Waals surface area contributed by atoms with Crippen LogP contribution < -0.4 is 10.0 Å². The average molecular weight is 332 g/mol. The van der Waals surface area contributed by atoms with Crippen LogP contribution in [0, 0.1) is 0 Å². The maximum Gasteiger partial charge on any atom is 0.250 e. The van der Waals surface area contributed by atoms with Crippen LogP contribution in [-0.4, -0.2) is 33.2 Å². The van der Waals surface area contributed by atoms with E-state index in [2.05, 4.69) is 10.0 Å². The van der Waals surface area contributed by atoms with Crippen LogP contribution in [0.15, 0.2) is 15.7 Å². The lowest BCUT2D eigenvalue weighted by atomic mass is 10.1. The van der Waals surface area contributed by atoms with Crippen molar-refractivity contribution >= 4 is 21.4 Å². The third-order valence-electron chi connectivity index (χ3n) is 3.29. The molecule has 0 saturated heterocycles. The molecule has 1 aromatic rings. The van der Waals surface area contributed by atoms with Gasteiger partial charge < -0.3 is 10.1 Å². The Morgan fingerprint density at radius 2 is 2.14 bits per heavy atom. The number of hydrogen-bond donors (Lipinski definition) is 2. The molecular weight excluding hydrogens is 308 g/mol. The van der Waals surface area contributed by atoms with E-state index in [0.29, 0.717) is 16.9 Å². The van der Waals surface area contributed by atoms with E-state index < -0.39 is 15.6 Å². The van der Waals surface area contributed by atoms with Crippen LogP contribution in [0.4, 0.5) is 0 Å². The summed E-state index contributed by atoms with van der Waals surface area (Å²) in [5.41, 5.74) is 0.520. The van der Waals surface area contributed by atoms with Gasteiger partial charge in [-0.05, 0) is 50.6 Å². The minimum Gasteiger partial charge on any atom is -0.375 e. The summed E-state index contributed by atoms with van der Waals surface area (Å²) < 4.78 is 33.0. The number of nitrogens with one attached hydrogen (secondary N) is 2. The smallest absolute Gasteiger partial charge is 0.250 e. The largest absolute Gasteiger partial charge is 0.375 e. The maximum absolute atomic E-state index is 12.3. The minimum absolute atomic E-state index is 0.261. The minimum atomic E-state index is -3.45. The molecule has 120 valence electrons. The second-order valence-electron chi connectivity index (χ2n) is 5.95. The zero-order chi connectivity index (χ0) is 15.5. The van der Waals surface area contributed by atoms with Crippen molar-refractivity contribution in [2.75, 3.05) is 13.2 Å². The molecule has 0 radical (unpaired) electrons. The molecule has 21 heavy (non-hydrogen) atoms. The molecule has 0 unspecified atom stereocenters. The van der Waals surface area contributed by atoms with Gasteiger partial charge in [-0.25, -0.2) is 13.1 Å². The SMILES string of the molecule is CCOC(C)(C)CNS(=O)(=O)c1cc(CNC2CC2)cs1. The van der Waals surface area contributed by atoms with Gasteiger partial charge in [0.05, 0.1) is 5.60 Å². The molecule has 2 rings (SSSR count). The molecular formula is C14H24N2O3S2. The first kappa shape index (κ1) is 16.9. The van der Waals surface area contributed by atoms with E-state index in [1.165, 1.54) is 24.2 Å². The van der Waals surface area contributed by atoms with Crippen LogP contribution in [0.3, 0.4) is 0 Å². The van der Waals surface area contributed by atoms with Gasteiger partial charge >= 0.3 is 0 Å². The Hall–Kier alpha value is -0.470. The van der Waals surface area contributed by atoms with Gasteiger partial charge in [0, 0.05) is 25.7 Å². The zero-order valence-corrected chi connectivity index (χ0v) is 14.4. The van der Waals surface area contributed by atoms with Gasteiger partial charge in [0.1, 0.15) is 4.21 Å². The molecule has 0 atom stereocenters. The van der Waals surface area contributed by atoms with Crippen LogP contribution in [0.2, 0.25) is 0 Å². The van der Waals surface area contributed by atoms with E-state index >= 15 is 0 Å². The van der Waals surface area contributed by atoms with Crippen molar-refractivity contribution in [1.29, 1.82) is 0 Å². The number of rotatable bonds is 9. The summed E-state index contributed by atoms with van der Waals surface area (Å²) in [4.78, 5) is 0. The highest BCUT2D eigenvalue weighted by molar-refractivity contribution is 7.91. The first-order chi connectivity index (χ1) is 9.82. The van der Waals surface area contributed by atoms with E-state index in [0.717, 1.165) is 12.1 Å². The molecule has 1 aromatic heterocycles. The Kier molecular flexibility index (Phi) is 5.43. The molecule has 1 saturated carbocycles. The van der Waals surface area contributed by atoms with Gasteiger partial charge in [0.2, 0.25) is 10.0 Å². The predicted octanol–water partition coefficient (Wildman–Crippen LogP) is 2.09. The summed E-state index contributed by atoms with van der Waals surface area (Å²) in [5.74, 6) is 0. The monoisotopic (exact) mass is 332 g/mol. The van der Waals surface area contributed by atoms with Crippen molar-refractivity contribution in [2.45, 2.75) is 56.0 Å². The molecule has 0 spiro atoms. The normalized spacial score (nSPS) is 16.3. The highest BCUT2D eigenvalue weighted by Crippen LogP contribution is 2.23. The lowest BCUT2D eigenvalue weighted by Crippen LogP contribution is -2.40. The zero-order valence-electron chi connectivity index (χ0n) is 12.8. The van der Waals surface area contributed by atoms with Crippen LogP contribution >= 0.6 is 11.3 Å². The first-order valence-corrected chi connectivity index (χ1v) is 9.63. The van der Waals surface area contributed by atoms with E-state index in [-0.39, 0.29) is 6.54 Å². The number of thiophene rings is 1. The summed E-state index contributed by atoms with van der Waals surface area (Å²) in [6.45, 7) is 7.20. The van der Waals surface area contributed by atoms with Gasteiger partial charge in [-0.15, -0.1) is 11.3 Å². The van der Waals surface area contributed by atoms with Crippen LogP contribution in [-0.2, 0) is 21.3 Å². The molecule has 0 aromatic carbocycles. The molecule has 0 aliphatic heterocycles. The Balaban J connectivity index is 1.92. The number of sulfonamides is 1. The number of hydrogen-bond acceptors (Lipinski definition) is 5.